The van der Waals surface area contributed by atoms with Crippen molar-refractivity contribution in [2.24, 2.45) is 0 Å². The van der Waals surface area contributed by atoms with E-state index in [4.69, 9.17) is 0 Å². The van der Waals surface area contributed by atoms with E-state index < -0.39 is 24.2 Å². The van der Waals surface area contributed by atoms with Gasteiger partial charge in [-0.05, 0) is 42.5 Å². The molecule has 0 spiro atoms. The van der Waals surface area contributed by atoms with Crippen molar-refractivity contribution in [2.45, 2.75) is 12.4 Å². The van der Waals surface area contributed by atoms with E-state index in [-0.39, 0.29) is 22.7 Å². The number of aromatic nitrogens is 2. The van der Waals surface area contributed by atoms with Crippen LogP contribution >= 0.6 is 0 Å². The number of nitrogens with zero attached hydrogens (tertiary/aromatic N) is 2. The third-order valence-corrected chi connectivity index (χ3v) is 4.92. The lowest BCUT2D eigenvalue weighted by Crippen LogP contribution is -2.29. The monoisotopic (exact) mass is 504 g/mol. The van der Waals surface area contributed by atoms with E-state index in [2.05, 4.69) is 9.97 Å². The van der Waals surface area contributed by atoms with Crippen LogP contribution in [0.5, 0.6) is 0 Å². The number of fused-ring (bicyclic) bond motifs is 1. The van der Waals surface area contributed by atoms with Gasteiger partial charge in [-0.3, -0.25) is 9.59 Å². The van der Waals surface area contributed by atoms with Crippen LogP contribution in [0, 0.1) is 0 Å². The average molecular weight is 504 g/mol. The Morgan fingerprint density at radius 2 is 1.19 bits per heavy atom. The predicted octanol–water partition coefficient (Wildman–Crippen LogP) is 5.97. The maximum atomic E-state index is 12.7. The molecule has 0 saturated heterocycles. The van der Waals surface area contributed by atoms with E-state index in [1.54, 1.807) is 41.0 Å². The average Bonchev–Trinajstić information content (AvgIpc) is 2.83. The highest BCUT2D eigenvalue weighted by Gasteiger charge is 2.39. The Morgan fingerprint density at radius 1 is 0.639 bits per heavy atom. The summed E-state index contributed by atoms with van der Waals surface area (Å²) >= 11 is 0. The second kappa shape index (κ2) is 9.29. The van der Waals surface area contributed by atoms with Gasteiger partial charge in [0.25, 0.3) is 0 Å². The van der Waals surface area contributed by atoms with Crippen LogP contribution in [0.2, 0.25) is 0 Å². The molecule has 0 saturated carbocycles. The van der Waals surface area contributed by atoms with Gasteiger partial charge in [-0.25, -0.2) is 9.97 Å². The van der Waals surface area contributed by atoms with Gasteiger partial charge in [-0.2, -0.15) is 26.3 Å². The van der Waals surface area contributed by atoms with Crippen molar-refractivity contribution >= 4 is 34.1 Å². The Bertz CT molecular complexity index is 1440. The number of benzene rings is 3. The molecule has 0 fully saturated rings. The first-order valence-electron chi connectivity index (χ1n) is 10.2. The zero-order valence-corrected chi connectivity index (χ0v) is 17.9. The fourth-order valence-corrected chi connectivity index (χ4v) is 3.26. The summed E-state index contributed by atoms with van der Waals surface area (Å²) < 4.78 is 75.5. The number of halogens is 6. The van der Waals surface area contributed by atoms with Crippen LogP contribution in [0.1, 0.15) is 0 Å². The Balaban J connectivity index is 1.77. The van der Waals surface area contributed by atoms with Gasteiger partial charge in [-0.15, -0.1) is 0 Å². The zero-order valence-electron chi connectivity index (χ0n) is 17.9. The number of alkyl halides is 6. The van der Waals surface area contributed by atoms with E-state index in [0.717, 1.165) is 0 Å². The second-order valence-corrected chi connectivity index (χ2v) is 7.47. The topological polar surface area (TPSA) is 84.0 Å². The van der Waals surface area contributed by atoms with Crippen LogP contribution in [0.4, 0.5) is 37.7 Å². The van der Waals surface area contributed by atoms with Gasteiger partial charge in [0.1, 0.15) is 0 Å². The zero-order chi connectivity index (χ0) is 26.1. The molecule has 2 amide bonds. The maximum absolute atomic E-state index is 12.7. The van der Waals surface area contributed by atoms with Crippen molar-refractivity contribution in [1.29, 1.82) is 0 Å². The highest BCUT2D eigenvalue weighted by Crippen LogP contribution is 2.31. The highest BCUT2D eigenvalue weighted by molar-refractivity contribution is 6.00. The van der Waals surface area contributed by atoms with E-state index in [0.29, 0.717) is 22.2 Å². The number of nitrogens with one attached hydrogen (secondary N) is 2. The van der Waals surface area contributed by atoms with E-state index in [1.165, 1.54) is 42.5 Å². The van der Waals surface area contributed by atoms with Crippen LogP contribution in [0.25, 0.3) is 33.5 Å². The summed E-state index contributed by atoms with van der Waals surface area (Å²) in [4.78, 5) is 31.4. The van der Waals surface area contributed by atoms with Crippen molar-refractivity contribution in [1.82, 2.24) is 9.97 Å². The van der Waals surface area contributed by atoms with Crippen LogP contribution in [-0.2, 0) is 9.59 Å². The highest BCUT2D eigenvalue weighted by atomic mass is 19.4. The minimum absolute atomic E-state index is 0.109. The molecule has 1 heterocycles. The summed E-state index contributed by atoms with van der Waals surface area (Å²) in [5, 5.41) is 3.99. The third kappa shape index (κ3) is 5.43. The Morgan fingerprint density at radius 3 is 1.78 bits per heavy atom. The molecule has 0 aliphatic rings. The summed E-state index contributed by atoms with van der Waals surface area (Å²) in [7, 11) is 0. The normalized spacial score (nSPS) is 11.8. The maximum Gasteiger partial charge on any atom is 0.471 e. The van der Waals surface area contributed by atoms with Gasteiger partial charge in [0, 0.05) is 27.9 Å². The summed E-state index contributed by atoms with van der Waals surface area (Å²) in [5.74, 6) is -4.15. The van der Waals surface area contributed by atoms with Gasteiger partial charge in [0.15, 0.2) is 5.82 Å². The van der Waals surface area contributed by atoms with Crippen LogP contribution in [-0.4, -0.2) is 34.1 Å². The molecule has 1 aromatic heterocycles. The summed E-state index contributed by atoms with van der Waals surface area (Å²) in [6.45, 7) is 0. The molecule has 4 aromatic rings. The fraction of sp³-hybridized carbons (Fsp3) is 0.0833. The van der Waals surface area contributed by atoms with Crippen molar-refractivity contribution in [3.05, 3.63) is 72.8 Å². The van der Waals surface area contributed by atoms with Crippen molar-refractivity contribution < 1.29 is 35.9 Å². The first kappa shape index (κ1) is 24.6. The molecule has 0 atom stereocenters. The van der Waals surface area contributed by atoms with Crippen LogP contribution in [0.15, 0.2) is 72.8 Å². The number of carbonyl (C=O) groups is 2. The quantitative estimate of drug-likeness (QED) is 0.336. The molecule has 0 bridgehead atoms. The van der Waals surface area contributed by atoms with Crippen molar-refractivity contribution in [3.63, 3.8) is 0 Å². The molecule has 0 unspecified atom stereocenters. The molecule has 2 N–H and O–H groups in total. The SMILES string of the molecule is O=C(Nc1ccc(-c2nc(-c3ccccc3)c3ccc(NC(=O)C(F)(F)F)cc3n2)cc1)C(F)(F)F. The summed E-state index contributed by atoms with van der Waals surface area (Å²) in [6.07, 6.45) is -10.1. The molecule has 36 heavy (non-hydrogen) atoms. The first-order valence-corrected chi connectivity index (χ1v) is 10.2. The van der Waals surface area contributed by atoms with E-state index in [9.17, 15) is 35.9 Å². The lowest BCUT2D eigenvalue weighted by Gasteiger charge is -2.12. The van der Waals surface area contributed by atoms with E-state index >= 15 is 0 Å². The van der Waals surface area contributed by atoms with E-state index in [1.807, 2.05) is 0 Å². The van der Waals surface area contributed by atoms with Crippen molar-refractivity contribution in [2.75, 3.05) is 10.6 Å². The number of amides is 2. The number of hydrogen-bond acceptors (Lipinski definition) is 4. The van der Waals surface area contributed by atoms with Crippen molar-refractivity contribution in [3.8, 4) is 22.6 Å². The van der Waals surface area contributed by atoms with Gasteiger partial charge in [0.2, 0.25) is 0 Å². The number of hydrogen-bond donors (Lipinski definition) is 2. The summed E-state index contributed by atoms with van der Waals surface area (Å²) in [6, 6.07) is 18.1. The molecule has 4 rings (SSSR count). The Hall–Kier alpha value is -4.48. The number of carbonyl (C=O) groups excluding carboxylic acids is 2. The van der Waals surface area contributed by atoms with Gasteiger partial charge < -0.3 is 10.6 Å². The van der Waals surface area contributed by atoms with Gasteiger partial charge in [-0.1, -0.05) is 30.3 Å². The minimum atomic E-state index is -5.08. The molecule has 3 aromatic carbocycles. The molecular formula is C24H14F6N4O2. The molecule has 0 radical (unpaired) electrons. The molecular weight excluding hydrogens is 490 g/mol. The second-order valence-electron chi connectivity index (χ2n) is 7.47. The third-order valence-electron chi connectivity index (χ3n) is 4.92. The van der Waals surface area contributed by atoms with Crippen LogP contribution in [0.3, 0.4) is 0 Å². The molecule has 6 nitrogen and oxygen atoms in total. The number of rotatable bonds is 4. The molecule has 0 aliphatic heterocycles. The smallest absolute Gasteiger partial charge is 0.318 e. The molecule has 184 valence electrons. The minimum Gasteiger partial charge on any atom is -0.318 e. The molecule has 12 heteroatoms. The first-order chi connectivity index (χ1) is 16.9. The van der Waals surface area contributed by atoms with Crippen LogP contribution < -0.4 is 10.6 Å². The van der Waals surface area contributed by atoms with Gasteiger partial charge in [0.05, 0.1) is 11.2 Å². The largest absolute Gasteiger partial charge is 0.471 e. The standard InChI is InChI=1S/C24H14F6N4O2/c25-23(26,27)21(35)31-15-8-6-14(7-9-15)20-33-18-12-16(32-22(36)24(28,29)30)10-11-17(18)19(34-20)13-4-2-1-3-5-13/h1-12H,(H,31,35)(H,32,36). The lowest BCUT2D eigenvalue weighted by molar-refractivity contribution is -0.167. The molecule has 0 aliphatic carbocycles. The predicted molar refractivity (Wildman–Crippen MR) is 120 cm³/mol. The fourth-order valence-electron chi connectivity index (χ4n) is 3.26. The Labute approximate surface area is 199 Å². The summed E-state index contributed by atoms with van der Waals surface area (Å²) in [5.41, 5.74) is 1.45. The Kier molecular flexibility index (Phi) is 6.35. The number of anilines is 2. The van der Waals surface area contributed by atoms with Gasteiger partial charge >= 0.3 is 24.2 Å². The lowest BCUT2D eigenvalue weighted by atomic mass is 10.0.